The average Bonchev–Trinajstić information content (AvgIpc) is 3.34. The number of nitrogens with one attached hydrogen (secondary N) is 1. The number of aromatic nitrogens is 4. The van der Waals surface area contributed by atoms with Crippen LogP contribution in [0.2, 0.25) is 0 Å². The van der Waals surface area contributed by atoms with Crippen molar-refractivity contribution in [3.05, 3.63) is 34.2 Å². The monoisotopic (exact) mass is 473 g/mol. The molecule has 0 radical (unpaired) electrons. The fourth-order valence-corrected chi connectivity index (χ4v) is 4.97. The molecule has 0 bridgehead atoms. The molecule has 1 aliphatic rings. The number of likely N-dealkylation sites (N-methyl/N-ethyl adjacent to an activating group) is 1. The second-order valence-corrected chi connectivity index (χ2v) is 10.7. The van der Waals surface area contributed by atoms with Crippen molar-refractivity contribution in [1.29, 1.82) is 0 Å². The summed E-state index contributed by atoms with van der Waals surface area (Å²) in [6, 6.07) is 4.96. The fourth-order valence-electron chi connectivity index (χ4n) is 4.32. The Labute approximate surface area is 193 Å². The molecule has 1 atom stereocenters. The lowest BCUT2D eigenvalue weighted by atomic mass is 10.1. The minimum Gasteiger partial charge on any atom is -0.493 e. The van der Waals surface area contributed by atoms with Gasteiger partial charge in [-0.1, -0.05) is 13.8 Å². The lowest BCUT2D eigenvalue weighted by Gasteiger charge is -2.19. The van der Waals surface area contributed by atoms with Gasteiger partial charge in [-0.15, -0.1) is 0 Å². The second-order valence-electron chi connectivity index (χ2n) is 8.65. The van der Waals surface area contributed by atoms with Gasteiger partial charge >= 0.3 is 0 Å². The number of benzene rings is 1. The Morgan fingerprint density at radius 2 is 2.06 bits per heavy atom. The van der Waals surface area contributed by atoms with Crippen molar-refractivity contribution in [2.24, 2.45) is 0 Å². The summed E-state index contributed by atoms with van der Waals surface area (Å²) in [6.07, 6.45) is 4.77. The molecule has 10 heteroatoms. The molecule has 1 N–H and O–H groups in total. The molecule has 1 aliphatic heterocycles. The van der Waals surface area contributed by atoms with Crippen LogP contribution < -0.4 is 10.3 Å². The number of likely N-dealkylation sites (tertiary alicyclic amines) is 1. The largest absolute Gasteiger partial charge is 0.493 e. The van der Waals surface area contributed by atoms with E-state index in [-0.39, 0.29) is 16.3 Å². The van der Waals surface area contributed by atoms with E-state index in [2.05, 4.69) is 16.9 Å². The first-order chi connectivity index (χ1) is 15.7. The summed E-state index contributed by atoms with van der Waals surface area (Å²) in [5.41, 5.74) is 1.88. The standard InChI is InChI=1S/C23H31N5O4S/c1-5-12-32-19-10-9-16(33(4,30)31)13-17(19)22-24-20-18(6-2)26-28(21(20)23(29)25-22)14-15-8-7-11-27(15)3/h9-10,13,15H,5-8,11-12,14H2,1-4H3,(H,24,25,29)/t15-/m0/s1. The Morgan fingerprint density at radius 1 is 1.27 bits per heavy atom. The van der Waals surface area contributed by atoms with E-state index in [0.717, 1.165) is 37.8 Å². The van der Waals surface area contributed by atoms with E-state index >= 15 is 0 Å². The van der Waals surface area contributed by atoms with Crippen molar-refractivity contribution in [3.8, 4) is 17.1 Å². The van der Waals surface area contributed by atoms with E-state index in [0.29, 0.717) is 48.0 Å². The molecule has 0 amide bonds. The van der Waals surface area contributed by atoms with E-state index in [9.17, 15) is 13.2 Å². The Morgan fingerprint density at radius 3 is 2.70 bits per heavy atom. The predicted molar refractivity (Wildman–Crippen MR) is 128 cm³/mol. The van der Waals surface area contributed by atoms with Gasteiger partial charge in [0.15, 0.2) is 15.4 Å². The van der Waals surface area contributed by atoms with E-state index in [1.807, 2.05) is 13.8 Å². The number of H-pyrrole nitrogens is 1. The number of ether oxygens (including phenoxy) is 1. The Balaban J connectivity index is 1.86. The number of fused-ring (bicyclic) bond motifs is 1. The van der Waals surface area contributed by atoms with Gasteiger partial charge < -0.3 is 14.6 Å². The predicted octanol–water partition coefficient (Wildman–Crippen LogP) is 2.64. The molecule has 3 heterocycles. The minimum atomic E-state index is -3.45. The summed E-state index contributed by atoms with van der Waals surface area (Å²) in [7, 11) is -1.35. The second kappa shape index (κ2) is 9.26. The number of rotatable bonds is 8. The SMILES string of the molecule is CCCOc1ccc(S(C)(=O)=O)cc1-c1nc2c(CC)nn(C[C@@H]3CCCN3C)c2c(=O)[nH]1. The van der Waals surface area contributed by atoms with Crippen molar-refractivity contribution < 1.29 is 13.2 Å². The zero-order valence-electron chi connectivity index (χ0n) is 19.6. The molecule has 1 saturated heterocycles. The lowest BCUT2D eigenvalue weighted by molar-refractivity contribution is 0.276. The zero-order chi connectivity index (χ0) is 23.8. The van der Waals surface area contributed by atoms with Crippen molar-refractivity contribution in [3.63, 3.8) is 0 Å². The first kappa shape index (κ1) is 23.4. The van der Waals surface area contributed by atoms with Crippen LogP contribution in [0.5, 0.6) is 5.75 Å². The van der Waals surface area contributed by atoms with E-state index in [1.54, 1.807) is 10.7 Å². The van der Waals surface area contributed by atoms with E-state index < -0.39 is 9.84 Å². The van der Waals surface area contributed by atoms with Crippen LogP contribution in [0.4, 0.5) is 0 Å². The fraction of sp³-hybridized carbons (Fsp3) is 0.522. The van der Waals surface area contributed by atoms with Crippen LogP contribution >= 0.6 is 0 Å². The molecule has 2 aromatic heterocycles. The van der Waals surface area contributed by atoms with Crippen LogP contribution in [0.15, 0.2) is 27.9 Å². The molecule has 178 valence electrons. The van der Waals surface area contributed by atoms with Crippen molar-refractivity contribution in [1.82, 2.24) is 24.6 Å². The first-order valence-electron chi connectivity index (χ1n) is 11.4. The van der Waals surface area contributed by atoms with Gasteiger partial charge in [0.1, 0.15) is 17.1 Å². The van der Waals surface area contributed by atoms with Gasteiger partial charge in [0.05, 0.1) is 29.3 Å². The van der Waals surface area contributed by atoms with Gasteiger partial charge in [-0.05, 0) is 57.5 Å². The third kappa shape index (κ3) is 4.67. The highest BCUT2D eigenvalue weighted by Gasteiger charge is 2.25. The molecule has 1 aromatic carbocycles. The van der Waals surface area contributed by atoms with E-state index in [4.69, 9.17) is 14.8 Å². The minimum absolute atomic E-state index is 0.139. The maximum Gasteiger partial charge on any atom is 0.277 e. The van der Waals surface area contributed by atoms with Crippen molar-refractivity contribution in [2.45, 2.75) is 57.0 Å². The third-order valence-electron chi connectivity index (χ3n) is 6.15. The molecule has 3 aromatic rings. The summed E-state index contributed by atoms with van der Waals surface area (Å²) >= 11 is 0. The molecule has 0 unspecified atom stereocenters. The molecular weight excluding hydrogens is 442 g/mol. The highest BCUT2D eigenvalue weighted by atomic mass is 32.2. The molecule has 9 nitrogen and oxygen atoms in total. The summed E-state index contributed by atoms with van der Waals surface area (Å²) < 4.78 is 31.9. The molecule has 0 saturated carbocycles. The first-order valence-corrected chi connectivity index (χ1v) is 13.3. The molecule has 0 aliphatic carbocycles. The van der Waals surface area contributed by atoms with Crippen LogP contribution in [0.3, 0.4) is 0 Å². The van der Waals surface area contributed by atoms with Crippen molar-refractivity contribution in [2.75, 3.05) is 26.5 Å². The Kier molecular flexibility index (Phi) is 6.58. The van der Waals surface area contributed by atoms with Gasteiger partial charge in [0.2, 0.25) is 0 Å². The summed E-state index contributed by atoms with van der Waals surface area (Å²) in [6.45, 7) is 6.10. The zero-order valence-corrected chi connectivity index (χ0v) is 20.4. The molecule has 1 fully saturated rings. The highest BCUT2D eigenvalue weighted by molar-refractivity contribution is 7.90. The number of aromatic amines is 1. The summed E-state index contributed by atoms with van der Waals surface area (Å²) in [5, 5.41) is 4.71. The maximum atomic E-state index is 13.3. The van der Waals surface area contributed by atoms with Gasteiger partial charge in [-0.25, -0.2) is 13.4 Å². The topological polar surface area (TPSA) is 110 Å². The van der Waals surface area contributed by atoms with Crippen LogP contribution in [0, 0.1) is 0 Å². The van der Waals surface area contributed by atoms with Gasteiger partial charge in [-0.2, -0.15) is 5.10 Å². The maximum absolute atomic E-state index is 13.3. The van der Waals surface area contributed by atoms with Crippen LogP contribution in [0.1, 0.15) is 38.8 Å². The average molecular weight is 474 g/mol. The Bertz CT molecular complexity index is 1330. The molecule has 0 spiro atoms. The molecule has 33 heavy (non-hydrogen) atoms. The quantitative estimate of drug-likeness (QED) is 0.535. The van der Waals surface area contributed by atoms with Crippen LogP contribution in [0.25, 0.3) is 22.4 Å². The number of hydrogen-bond donors (Lipinski definition) is 1. The smallest absolute Gasteiger partial charge is 0.277 e. The van der Waals surface area contributed by atoms with Crippen molar-refractivity contribution >= 4 is 20.9 Å². The van der Waals surface area contributed by atoms with Crippen LogP contribution in [-0.2, 0) is 22.8 Å². The highest BCUT2D eigenvalue weighted by Crippen LogP contribution is 2.31. The number of nitrogens with zero attached hydrogens (tertiary/aromatic N) is 4. The van der Waals surface area contributed by atoms with Crippen LogP contribution in [-0.4, -0.2) is 65.6 Å². The summed E-state index contributed by atoms with van der Waals surface area (Å²) in [4.78, 5) is 23.3. The normalized spacial score (nSPS) is 17.2. The molecular formula is C23H31N5O4S. The lowest BCUT2D eigenvalue weighted by Crippen LogP contribution is -2.30. The van der Waals surface area contributed by atoms with Gasteiger partial charge in [0, 0.05) is 12.3 Å². The number of sulfone groups is 1. The number of hydrogen-bond acceptors (Lipinski definition) is 7. The molecule has 4 rings (SSSR count). The number of aryl methyl sites for hydroxylation is 1. The third-order valence-corrected chi connectivity index (χ3v) is 7.26. The Hall–Kier alpha value is -2.72. The van der Waals surface area contributed by atoms with Gasteiger partial charge in [0.25, 0.3) is 5.56 Å². The summed E-state index contributed by atoms with van der Waals surface area (Å²) in [5.74, 6) is 0.751. The van der Waals surface area contributed by atoms with E-state index in [1.165, 1.54) is 12.1 Å². The van der Waals surface area contributed by atoms with Gasteiger partial charge in [-0.3, -0.25) is 9.48 Å².